The van der Waals surface area contributed by atoms with Crippen molar-refractivity contribution in [2.45, 2.75) is 31.7 Å². The summed E-state index contributed by atoms with van der Waals surface area (Å²) in [5.74, 6) is 1.21. The van der Waals surface area contributed by atoms with E-state index in [-0.39, 0.29) is 0 Å². The molecule has 0 N–H and O–H groups in total. The lowest BCUT2D eigenvalue weighted by atomic mass is 10.2. The van der Waals surface area contributed by atoms with Gasteiger partial charge in [0.15, 0.2) is 0 Å². The van der Waals surface area contributed by atoms with Gasteiger partial charge in [-0.05, 0) is 45.0 Å². The molecular formula is C16H19ClN4. The van der Waals surface area contributed by atoms with Crippen LogP contribution in [-0.2, 0) is 5.88 Å². The van der Waals surface area contributed by atoms with Crippen molar-refractivity contribution in [1.82, 2.24) is 14.5 Å². The average molecular weight is 303 g/mol. The zero-order chi connectivity index (χ0) is 14.8. The van der Waals surface area contributed by atoms with E-state index in [2.05, 4.69) is 27.4 Å². The van der Waals surface area contributed by atoms with Gasteiger partial charge in [0.2, 0.25) is 0 Å². The highest BCUT2D eigenvalue weighted by atomic mass is 35.5. The summed E-state index contributed by atoms with van der Waals surface area (Å²) >= 11 is 6.08. The van der Waals surface area contributed by atoms with Gasteiger partial charge in [0.05, 0.1) is 17.0 Å². The molecule has 0 amide bonds. The molecule has 2 aromatic rings. The van der Waals surface area contributed by atoms with Gasteiger partial charge in [-0.1, -0.05) is 6.07 Å². The number of hydrogen-bond donors (Lipinski definition) is 0. The first kappa shape index (κ1) is 14.4. The van der Waals surface area contributed by atoms with Crippen LogP contribution in [0.3, 0.4) is 0 Å². The Morgan fingerprint density at radius 2 is 2.14 bits per heavy atom. The minimum Gasteiger partial charge on any atom is -0.323 e. The summed E-state index contributed by atoms with van der Waals surface area (Å²) in [5.41, 5.74) is 2.39. The minimum absolute atomic E-state index is 0.302. The lowest BCUT2D eigenvalue weighted by Crippen LogP contribution is -2.27. The molecule has 2 heterocycles. The van der Waals surface area contributed by atoms with Gasteiger partial charge in [-0.25, -0.2) is 4.98 Å². The Labute approximate surface area is 129 Å². The third-order valence-electron chi connectivity index (χ3n) is 4.20. The molecule has 0 radical (unpaired) electrons. The Hall–Kier alpha value is -1.57. The Balaban J connectivity index is 2.01. The molecule has 1 aliphatic heterocycles. The predicted octanol–water partition coefficient (Wildman–Crippen LogP) is 3.30. The van der Waals surface area contributed by atoms with Gasteiger partial charge in [0.1, 0.15) is 17.4 Å². The number of para-hydroxylation sites is 1. The highest BCUT2D eigenvalue weighted by Crippen LogP contribution is 2.26. The molecule has 1 aromatic heterocycles. The number of imidazole rings is 1. The molecule has 4 nitrogen and oxygen atoms in total. The first-order chi connectivity index (χ1) is 10.2. The molecule has 1 aromatic carbocycles. The summed E-state index contributed by atoms with van der Waals surface area (Å²) in [5, 5.41) is 9.24. The molecule has 3 rings (SSSR count). The van der Waals surface area contributed by atoms with Gasteiger partial charge in [-0.3, -0.25) is 0 Å². The van der Waals surface area contributed by atoms with Gasteiger partial charge in [0.25, 0.3) is 0 Å². The summed E-state index contributed by atoms with van der Waals surface area (Å²) < 4.78 is 2.20. The van der Waals surface area contributed by atoms with Crippen molar-refractivity contribution in [2.75, 3.05) is 19.6 Å². The third-order valence-corrected chi connectivity index (χ3v) is 4.43. The van der Waals surface area contributed by atoms with E-state index in [4.69, 9.17) is 11.6 Å². The molecule has 1 fully saturated rings. The van der Waals surface area contributed by atoms with Crippen LogP contribution in [-0.4, -0.2) is 34.1 Å². The number of rotatable bonds is 4. The van der Waals surface area contributed by atoms with E-state index in [1.807, 2.05) is 18.2 Å². The van der Waals surface area contributed by atoms with Gasteiger partial charge in [-0.2, -0.15) is 5.26 Å². The first-order valence-corrected chi connectivity index (χ1v) is 7.96. The monoisotopic (exact) mass is 302 g/mol. The molecule has 1 aliphatic rings. The van der Waals surface area contributed by atoms with Crippen LogP contribution >= 0.6 is 11.6 Å². The van der Waals surface area contributed by atoms with Crippen LogP contribution in [0.1, 0.15) is 37.2 Å². The maximum Gasteiger partial charge on any atom is 0.125 e. The molecule has 1 unspecified atom stereocenters. The van der Waals surface area contributed by atoms with Crippen LogP contribution < -0.4 is 0 Å². The second-order valence-corrected chi connectivity index (χ2v) is 5.94. The zero-order valence-electron chi connectivity index (χ0n) is 12.2. The number of hydrogen-bond acceptors (Lipinski definition) is 3. The van der Waals surface area contributed by atoms with Gasteiger partial charge < -0.3 is 9.47 Å². The summed E-state index contributed by atoms with van der Waals surface area (Å²) in [6.07, 6.45) is 2.58. The van der Waals surface area contributed by atoms with Gasteiger partial charge in [-0.15, -0.1) is 11.6 Å². The van der Waals surface area contributed by atoms with Crippen molar-refractivity contribution in [3.05, 3.63) is 29.6 Å². The summed E-state index contributed by atoms with van der Waals surface area (Å²) in [6, 6.07) is 8.27. The topological polar surface area (TPSA) is 44.9 Å². The van der Waals surface area contributed by atoms with E-state index in [0.717, 1.165) is 23.4 Å². The molecular weight excluding hydrogens is 284 g/mol. The number of alkyl halides is 1. The number of fused-ring (bicyclic) bond motifs is 1. The Kier molecular flexibility index (Phi) is 4.14. The fourth-order valence-electron chi connectivity index (χ4n) is 3.26. The minimum atomic E-state index is 0.302. The van der Waals surface area contributed by atoms with Gasteiger partial charge >= 0.3 is 0 Å². The van der Waals surface area contributed by atoms with Crippen molar-refractivity contribution >= 4 is 22.6 Å². The molecule has 110 valence electrons. The normalized spacial score (nSPS) is 17.2. The number of halogens is 1. The van der Waals surface area contributed by atoms with Crippen LogP contribution in [0.15, 0.2) is 18.2 Å². The van der Waals surface area contributed by atoms with E-state index in [1.54, 1.807) is 0 Å². The van der Waals surface area contributed by atoms with Crippen LogP contribution in [0.4, 0.5) is 0 Å². The van der Waals surface area contributed by atoms with Crippen molar-refractivity contribution in [3.8, 4) is 6.07 Å². The molecule has 0 bridgehead atoms. The summed E-state index contributed by atoms with van der Waals surface area (Å²) in [7, 11) is 0. The summed E-state index contributed by atoms with van der Waals surface area (Å²) in [6.45, 7) is 5.56. The van der Waals surface area contributed by atoms with E-state index in [9.17, 15) is 5.26 Å². The predicted molar refractivity (Wildman–Crippen MR) is 84.4 cm³/mol. The zero-order valence-corrected chi connectivity index (χ0v) is 13.0. The Morgan fingerprint density at radius 1 is 1.38 bits per heavy atom. The van der Waals surface area contributed by atoms with E-state index in [0.29, 0.717) is 17.5 Å². The van der Waals surface area contributed by atoms with Crippen LogP contribution in [0.25, 0.3) is 11.0 Å². The molecule has 0 aliphatic carbocycles. The molecule has 0 spiro atoms. The number of nitriles is 1. The maximum absolute atomic E-state index is 9.24. The fraction of sp³-hybridized carbons (Fsp3) is 0.500. The first-order valence-electron chi connectivity index (χ1n) is 7.43. The highest BCUT2D eigenvalue weighted by molar-refractivity contribution is 6.16. The molecule has 1 atom stereocenters. The Morgan fingerprint density at radius 3 is 2.81 bits per heavy atom. The number of benzene rings is 1. The van der Waals surface area contributed by atoms with E-state index >= 15 is 0 Å². The van der Waals surface area contributed by atoms with Crippen molar-refractivity contribution in [3.63, 3.8) is 0 Å². The van der Waals surface area contributed by atoms with Crippen molar-refractivity contribution in [1.29, 1.82) is 5.26 Å². The number of likely N-dealkylation sites (tertiary alicyclic amines) is 1. The Bertz CT molecular complexity index is 679. The molecule has 21 heavy (non-hydrogen) atoms. The maximum atomic E-state index is 9.24. The number of aromatic nitrogens is 2. The second-order valence-electron chi connectivity index (χ2n) is 5.67. The standard InChI is InChI=1S/C16H19ClN4/c1-12(11-20-7-2-3-8-20)21-14-6-4-5-13(10-18)16(14)19-15(21)9-17/h4-6,12H,2-3,7-9,11H2,1H3. The quantitative estimate of drug-likeness (QED) is 0.814. The molecule has 1 saturated heterocycles. The smallest absolute Gasteiger partial charge is 0.125 e. The summed E-state index contributed by atoms with van der Waals surface area (Å²) in [4.78, 5) is 7.08. The van der Waals surface area contributed by atoms with Gasteiger partial charge in [0, 0.05) is 12.6 Å². The second kappa shape index (κ2) is 6.05. The average Bonchev–Trinajstić information content (AvgIpc) is 3.12. The SMILES string of the molecule is CC(CN1CCCC1)n1c(CCl)nc2c(C#N)cccc21. The molecule has 5 heteroatoms. The lowest BCUT2D eigenvalue weighted by molar-refractivity contribution is 0.288. The van der Waals surface area contributed by atoms with Crippen molar-refractivity contribution in [2.24, 2.45) is 0 Å². The van der Waals surface area contributed by atoms with Crippen LogP contribution in [0, 0.1) is 11.3 Å². The largest absolute Gasteiger partial charge is 0.323 e. The van der Waals surface area contributed by atoms with Crippen LogP contribution in [0.5, 0.6) is 0 Å². The number of nitrogens with zero attached hydrogens (tertiary/aromatic N) is 4. The third kappa shape index (κ3) is 2.64. The van der Waals surface area contributed by atoms with E-state index in [1.165, 1.54) is 25.9 Å². The van der Waals surface area contributed by atoms with Crippen LogP contribution in [0.2, 0.25) is 0 Å². The fourth-order valence-corrected chi connectivity index (χ4v) is 3.45. The molecule has 0 saturated carbocycles. The lowest BCUT2D eigenvalue weighted by Gasteiger charge is -2.23. The van der Waals surface area contributed by atoms with E-state index < -0.39 is 0 Å². The van der Waals surface area contributed by atoms with Crippen molar-refractivity contribution < 1.29 is 0 Å². The highest BCUT2D eigenvalue weighted by Gasteiger charge is 2.20.